The highest BCUT2D eigenvalue weighted by Crippen LogP contribution is 2.34. The summed E-state index contributed by atoms with van der Waals surface area (Å²) in [6.45, 7) is 12.3. The van der Waals surface area contributed by atoms with E-state index in [2.05, 4.69) is 16.3 Å². The molecule has 0 aliphatic carbocycles. The average Bonchev–Trinajstić information content (AvgIpc) is 2.83. The van der Waals surface area contributed by atoms with Crippen LogP contribution in [0.4, 0.5) is 10.1 Å². The number of nitrogens with two attached hydrogens (primary N) is 1. The lowest BCUT2D eigenvalue weighted by Crippen LogP contribution is -2.58. The van der Waals surface area contributed by atoms with Crippen LogP contribution in [0.1, 0.15) is 6.42 Å². The van der Waals surface area contributed by atoms with Gasteiger partial charge in [0.05, 0.1) is 11.6 Å². The molecule has 1 atom stereocenters. The second-order valence-electron chi connectivity index (χ2n) is 8.48. The highest BCUT2D eigenvalue weighted by atomic mass is 35.5. The van der Waals surface area contributed by atoms with Gasteiger partial charge in [-0.25, -0.2) is 11.0 Å². The first-order valence-corrected chi connectivity index (χ1v) is 11.4. The van der Waals surface area contributed by atoms with Crippen LogP contribution >= 0.6 is 11.6 Å². The molecule has 2 aliphatic rings. The number of nitrogens with zero attached hydrogens (tertiary/aromatic N) is 4. The van der Waals surface area contributed by atoms with E-state index in [0.717, 1.165) is 22.0 Å². The summed E-state index contributed by atoms with van der Waals surface area (Å²) in [6, 6.07) is 11.4. The lowest BCUT2D eigenvalue weighted by molar-refractivity contribution is -0.132. The van der Waals surface area contributed by atoms with Crippen molar-refractivity contribution < 1.29 is 9.18 Å². The molecule has 9 heteroatoms. The van der Waals surface area contributed by atoms with Crippen molar-refractivity contribution in [2.24, 2.45) is 5.73 Å². The van der Waals surface area contributed by atoms with E-state index in [0.29, 0.717) is 42.6 Å². The molecule has 0 aromatic heterocycles. The van der Waals surface area contributed by atoms with Crippen molar-refractivity contribution in [2.75, 3.05) is 44.2 Å². The number of piperazine rings is 1. The number of amides is 1. The summed E-state index contributed by atoms with van der Waals surface area (Å²) >= 11 is 6.50. The number of rotatable bonds is 4. The Hall–Kier alpha value is -3.57. The number of fused-ring (bicyclic) bond motifs is 1. The van der Waals surface area contributed by atoms with E-state index in [-0.39, 0.29) is 19.6 Å². The summed E-state index contributed by atoms with van der Waals surface area (Å²) in [5.74, 6) is -1.53. The van der Waals surface area contributed by atoms with Crippen LogP contribution in [0.3, 0.4) is 0 Å². The summed E-state index contributed by atoms with van der Waals surface area (Å²) in [5.41, 5.74) is 8.85. The van der Waals surface area contributed by atoms with Gasteiger partial charge in [0.1, 0.15) is 11.9 Å². The quantitative estimate of drug-likeness (QED) is 0.302. The van der Waals surface area contributed by atoms with Gasteiger partial charge in [-0.3, -0.25) is 10.2 Å². The maximum absolute atomic E-state index is 13.4. The Kier molecular flexibility index (Phi) is 6.75. The SMILES string of the molecule is [C-]#[N+]C[C@H]1CN(C(=N)C2=C(N)CN(c3cccc4cccc(Cl)c34)CC2)CCN1C(=O)C(=C)F. The predicted octanol–water partition coefficient (Wildman–Crippen LogP) is 3.81. The zero-order chi connectivity index (χ0) is 24.4. The molecule has 0 radical (unpaired) electrons. The van der Waals surface area contributed by atoms with Gasteiger partial charge in [-0.1, -0.05) is 42.4 Å². The second-order valence-corrected chi connectivity index (χ2v) is 8.89. The van der Waals surface area contributed by atoms with Gasteiger partial charge in [0.15, 0.2) is 5.83 Å². The van der Waals surface area contributed by atoms with Crippen molar-refractivity contribution in [3.63, 3.8) is 0 Å². The molecule has 1 amide bonds. The van der Waals surface area contributed by atoms with Crippen molar-refractivity contribution in [3.8, 4) is 0 Å². The Balaban J connectivity index is 1.53. The third-order valence-electron chi connectivity index (χ3n) is 6.43. The molecule has 176 valence electrons. The maximum atomic E-state index is 13.4. The van der Waals surface area contributed by atoms with E-state index in [9.17, 15) is 9.18 Å². The number of hydrogen-bond donors (Lipinski definition) is 2. The predicted molar refractivity (Wildman–Crippen MR) is 134 cm³/mol. The molecular weight excluding hydrogens is 455 g/mol. The van der Waals surface area contributed by atoms with Gasteiger partial charge in [0.2, 0.25) is 6.54 Å². The van der Waals surface area contributed by atoms with Crippen molar-refractivity contribution in [3.05, 3.63) is 76.5 Å². The van der Waals surface area contributed by atoms with Gasteiger partial charge in [-0.05, 0) is 23.9 Å². The summed E-state index contributed by atoms with van der Waals surface area (Å²) in [6.07, 6.45) is 0.583. The molecule has 2 aliphatic heterocycles. The minimum atomic E-state index is -1.04. The lowest BCUT2D eigenvalue weighted by atomic mass is 10.00. The fourth-order valence-electron chi connectivity index (χ4n) is 4.74. The molecule has 34 heavy (non-hydrogen) atoms. The highest BCUT2D eigenvalue weighted by molar-refractivity contribution is 6.36. The molecule has 1 fully saturated rings. The van der Waals surface area contributed by atoms with E-state index in [4.69, 9.17) is 29.3 Å². The van der Waals surface area contributed by atoms with Crippen LogP contribution in [-0.4, -0.2) is 66.9 Å². The molecule has 0 spiro atoms. The van der Waals surface area contributed by atoms with Crippen molar-refractivity contribution in [1.29, 1.82) is 5.41 Å². The number of carbonyl (C=O) groups is 1. The fourth-order valence-corrected chi connectivity index (χ4v) is 5.02. The molecule has 0 saturated carbocycles. The Bertz CT molecular complexity index is 1230. The standard InChI is InChI=1S/C25H26ClFN6O/c1-16(27)25(34)33-12-11-32(14-18(33)13-30-2)24(29)19-9-10-31(15-21(19)28)22-8-4-6-17-5-3-7-20(26)23(17)22/h3-8,18,29H,1,9-15,28H2/t18-/m0/s1. The first-order valence-electron chi connectivity index (χ1n) is 11.0. The van der Waals surface area contributed by atoms with Crippen LogP contribution in [0.2, 0.25) is 5.02 Å². The number of amidine groups is 1. The van der Waals surface area contributed by atoms with Gasteiger partial charge in [0, 0.05) is 48.5 Å². The monoisotopic (exact) mass is 480 g/mol. The molecule has 3 N–H and O–H groups in total. The van der Waals surface area contributed by atoms with E-state index >= 15 is 0 Å². The largest absolute Gasteiger partial charge is 0.400 e. The fraction of sp³-hybridized carbons (Fsp3) is 0.320. The highest BCUT2D eigenvalue weighted by Gasteiger charge is 2.36. The number of carbonyl (C=O) groups excluding carboxylic acids is 1. The van der Waals surface area contributed by atoms with Gasteiger partial charge in [-0.2, -0.15) is 0 Å². The van der Waals surface area contributed by atoms with E-state index in [1.165, 1.54) is 4.90 Å². The maximum Gasteiger partial charge on any atom is 0.282 e. The summed E-state index contributed by atoms with van der Waals surface area (Å²) in [4.78, 5) is 20.9. The minimum Gasteiger partial charge on any atom is -0.400 e. The first-order chi connectivity index (χ1) is 16.3. The Labute approximate surface area is 203 Å². The van der Waals surface area contributed by atoms with Crippen LogP contribution in [0, 0.1) is 12.0 Å². The Morgan fingerprint density at radius 2 is 2.00 bits per heavy atom. The summed E-state index contributed by atoms with van der Waals surface area (Å²) in [5, 5.41) is 11.5. The Morgan fingerprint density at radius 1 is 1.26 bits per heavy atom. The molecule has 0 unspecified atom stereocenters. The normalized spacial score (nSPS) is 18.7. The molecule has 0 bridgehead atoms. The molecule has 2 heterocycles. The van der Waals surface area contributed by atoms with E-state index in [1.807, 2.05) is 41.3 Å². The van der Waals surface area contributed by atoms with Crippen molar-refractivity contribution in [2.45, 2.75) is 12.5 Å². The van der Waals surface area contributed by atoms with Crippen molar-refractivity contribution in [1.82, 2.24) is 9.80 Å². The summed E-state index contributed by atoms with van der Waals surface area (Å²) in [7, 11) is 0. The van der Waals surface area contributed by atoms with Crippen LogP contribution in [0.25, 0.3) is 15.6 Å². The second kappa shape index (κ2) is 9.74. The molecule has 2 aromatic carbocycles. The number of halogens is 2. The number of benzene rings is 2. The van der Waals surface area contributed by atoms with Gasteiger partial charge in [-0.15, -0.1) is 0 Å². The van der Waals surface area contributed by atoms with Gasteiger partial charge in [0.25, 0.3) is 5.91 Å². The topological polar surface area (TPSA) is 81.0 Å². The summed E-state index contributed by atoms with van der Waals surface area (Å²) < 4.78 is 13.4. The number of anilines is 1. The van der Waals surface area contributed by atoms with Gasteiger partial charge >= 0.3 is 0 Å². The number of hydrogen-bond acceptors (Lipinski definition) is 4. The third-order valence-corrected chi connectivity index (χ3v) is 6.75. The molecule has 1 saturated heterocycles. The van der Waals surface area contributed by atoms with Crippen LogP contribution in [0.15, 0.2) is 60.1 Å². The number of nitrogens with one attached hydrogen (secondary N) is 1. The smallest absolute Gasteiger partial charge is 0.282 e. The zero-order valence-electron chi connectivity index (χ0n) is 18.7. The Morgan fingerprint density at radius 3 is 2.68 bits per heavy atom. The molecule has 2 aromatic rings. The van der Waals surface area contributed by atoms with Crippen LogP contribution in [-0.2, 0) is 4.79 Å². The molecule has 4 rings (SSSR count). The first kappa shape index (κ1) is 23.6. The molecule has 7 nitrogen and oxygen atoms in total. The van der Waals surface area contributed by atoms with Crippen LogP contribution < -0.4 is 10.6 Å². The third kappa shape index (κ3) is 4.44. The van der Waals surface area contributed by atoms with Gasteiger partial charge < -0.3 is 25.3 Å². The van der Waals surface area contributed by atoms with E-state index < -0.39 is 17.8 Å². The molecular formula is C25H26ClFN6O. The average molecular weight is 481 g/mol. The van der Waals surface area contributed by atoms with Crippen LogP contribution in [0.5, 0.6) is 0 Å². The minimum absolute atomic E-state index is 0.0347. The zero-order valence-corrected chi connectivity index (χ0v) is 19.5. The van der Waals surface area contributed by atoms with Crippen molar-refractivity contribution >= 4 is 39.8 Å². The lowest BCUT2D eigenvalue weighted by Gasteiger charge is -2.41. The van der Waals surface area contributed by atoms with E-state index in [1.54, 1.807) is 0 Å².